The fraction of sp³-hybridized carbons (Fsp3) is 0.167. The Morgan fingerprint density at radius 2 is 0.619 bits per heavy atom. The van der Waals surface area contributed by atoms with Crippen LogP contribution in [0.4, 0.5) is 0 Å². The molecule has 214 valence electrons. The number of halogens is 2. The van der Waals surface area contributed by atoms with Crippen molar-refractivity contribution in [3.05, 3.63) is 151 Å². The monoisotopic (exact) mass is 598 g/mol. The maximum atomic E-state index is 10.1. The van der Waals surface area contributed by atoms with Crippen LogP contribution in [0.1, 0.15) is 67.5 Å². The van der Waals surface area contributed by atoms with Gasteiger partial charge in [-0.3, -0.25) is 0 Å². The Kier molecular flexibility index (Phi) is 8.14. The van der Waals surface area contributed by atoms with Gasteiger partial charge in [0.05, 0.1) is 0 Å². The number of hydrogen-bond donors (Lipinski definition) is 4. The van der Waals surface area contributed by atoms with Crippen LogP contribution >= 0.6 is 23.2 Å². The molecule has 0 bridgehead atoms. The van der Waals surface area contributed by atoms with E-state index in [1.165, 1.54) is 0 Å². The van der Waals surface area contributed by atoms with Gasteiger partial charge in [0.2, 0.25) is 0 Å². The molecule has 4 nitrogen and oxygen atoms in total. The molecule has 0 fully saturated rings. The maximum Gasteiger partial charge on any atom is 0.115 e. The summed E-state index contributed by atoms with van der Waals surface area (Å²) in [4.78, 5) is 0. The molecule has 0 atom stereocenters. The van der Waals surface area contributed by atoms with Crippen molar-refractivity contribution in [2.75, 3.05) is 0 Å². The molecular formula is C36H32Cl2O4. The van der Waals surface area contributed by atoms with E-state index in [0.29, 0.717) is 10.0 Å². The van der Waals surface area contributed by atoms with Crippen LogP contribution < -0.4 is 0 Å². The second kappa shape index (κ2) is 11.6. The third kappa shape index (κ3) is 5.65. The minimum atomic E-state index is -0.325. The molecule has 0 aliphatic rings. The normalized spacial score (nSPS) is 11.4. The van der Waals surface area contributed by atoms with Crippen molar-refractivity contribution in [1.29, 1.82) is 0 Å². The van der Waals surface area contributed by atoms with E-state index in [4.69, 9.17) is 23.2 Å². The fourth-order valence-corrected chi connectivity index (χ4v) is 6.52. The van der Waals surface area contributed by atoms with Gasteiger partial charge in [-0.15, -0.1) is 0 Å². The SMILES string of the molecule is Cc1cc(O)ccc1C(c1ccc(O)cc1C)c1cc(Cl)c(C(c2ccc(O)cc2C)c2ccc(O)cc2C)cc1Cl. The van der Waals surface area contributed by atoms with E-state index in [-0.39, 0.29) is 34.8 Å². The molecule has 0 aromatic heterocycles. The van der Waals surface area contributed by atoms with Crippen LogP contribution in [0.2, 0.25) is 10.0 Å². The zero-order chi connectivity index (χ0) is 30.3. The number of benzene rings is 5. The highest BCUT2D eigenvalue weighted by Gasteiger charge is 2.28. The maximum absolute atomic E-state index is 10.1. The Bertz CT molecular complexity index is 1580. The molecule has 0 saturated heterocycles. The first-order valence-corrected chi connectivity index (χ1v) is 14.4. The summed E-state index contributed by atoms with van der Waals surface area (Å²) < 4.78 is 0. The van der Waals surface area contributed by atoms with Crippen LogP contribution in [0.25, 0.3) is 0 Å². The van der Waals surface area contributed by atoms with Crippen molar-refractivity contribution in [2.45, 2.75) is 39.5 Å². The van der Waals surface area contributed by atoms with Crippen LogP contribution in [0.15, 0.2) is 84.9 Å². The van der Waals surface area contributed by atoms with E-state index in [1.807, 2.05) is 64.1 Å². The lowest BCUT2D eigenvalue weighted by Crippen LogP contribution is -2.11. The van der Waals surface area contributed by atoms with E-state index in [2.05, 4.69) is 0 Å². The van der Waals surface area contributed by atoms with Crippen LogP contribution in [-0.4, -0.2) is 20.4 Å². The first kappa shape index (κ1) is 29.4. The zero-order valence-corrected chi connectivity index (χ0v) is 25.3. The highest BCUT2D eigenvalue weighted by Crippen LogP contribution is 2.46. The second-order valence-electron chi connectivity index (χ2n) is 10.9. The summed E-state index contributed by atoms with van der Waals surface area (Å²) in [6.45, 7) is 7.77. The molecular weight excluding hydrogens is 567 g/mol. The topological polar surface area (TPSA) is 80.9 Å². The average molecular weight is 600 g/mol. The number of aryl methyl sites for hydroxylation is 4. The van der Waals surface area contributed by atoms with E-state index in [1.54, 1.807) is 48.5 Å². The molecule has 0 aliphatic heterocycles. The zero-order valence-electron chi connectivity index (χ0n) is 23.8. The molecule has 0 radical (unpaired) electrons. The predicted octanol–water partition coefficient (Wildman–Crippen LogP) is 9.41. The van der Waals surface area contributed by atoms with E-state index in [0.717, 1.165) is 55.6 Å². The van der Waals surface area contributed by atoms with Gasteiger partial charge in [0.15, 0.2) is 0 Å². The van der Waals surface area contributed by atoms with Crippen LogP contribution in [-0.2, 0) is 0 Å². The van der Waals surface area contributed by atoms with Gasteiger partial charge < -0.3 is 20.4 Å². The lowest BCUT2D eigenvalue weighted by atomic mass is 9.78. The van der Waals surface area contributed by atoms with Gasteiger partial charge in [0.25, 0.3) is 0 Å². The van der Waals surface area contributed by atoms with Gasteiger partial charge in [-0.2, -0.15) is 0 Å². The number of aromatic hydroxyl groups is 4. The third-order valence-corrected chi connectivity index (χ3v) is 8.65. The van der Waals surface area contributed by atoms with Crippen LogP contribution in [0, 0.1) is 27.7 Å². The summed E-state index contributed by atoms with van der Waals surface area (Å²) in [7, 11) is 0. The smallest absolute Gasteiger partial charge is 0.115 e. The summed E-state index contributed by atoms with van der Waals surface area (Å²) in [6.07, 6.45) is 0. The van der Waals surface area contributed by atoms with Crippen LogP contribution in [0.3, 0.4) is 0 Å². The first-order valence-electron chi connectivity index (χ1n) is 13.6. The lowest BCUT2D eigenvalue weighted by Gasteiger charge is -2.27. The average Bonchev–Trinajstić information content (AvgIpc) is 2.91. The Hall–Kier alpha value is -4.12. The quantitative estimate of drug-likeness (QED) is 0.147. The van der Waals surface area contributed by atoms with Crippen LogP contribution in [0.5, 0.6) is 23.0 Å². The molecule has 6 heteroatoms. The Balaban J connectivity index is 1.76. The Morgan fingerprint density at radius 1 is 0.381 bits per heavy atom. The number of rotatable bonds is 6. The number of phenols is 4. The highest BCUT2D eigenvalue weighted by molar-refractivity contribution is 6.34. The Labute approximate surface area is 256 Å². The number of hydrogen-bond acceptors (Lipinski definition) is 4. The first-order chi connectivity index (χ1) is 19.9. The molecule has 0 aliphatic carbocycles. The van der Waals surface area contributed by atoms with Crippen molar-refractivity contribution < 1.29 is 20.4 Å². The third-order valence-electron chi connectivity index (χ3n) is 8.00. The van der Waals surface area contributed by atoms with Gasteiger partial charge in [-0.1, -0.05) is 47.5 Å². The standard InChI is InChI=1S/C36H32Cl2O4/c1-19-13-23(39)5-9-27(19)35(28-10-6-24(40)14-20(28)2)31-17-34(38)32(18-33(31)37)36(29-11-7-25(41)15-21(29)3)30-12-8-26(42)16-22(30)4/h5-18,35-36,39-42H,1-4H3. The van der Waals surface area contributed by atoms with Gasteiger partial charge in [-0.05, 0) is 144 Å². The van der Waals surface area contributed by atoms with Crippen molar-refractivity contribution in [3.8, 4) is 23.0 Å². The molecule has 0 spiro atoms. The van der Waals surface area contributed by atoms with Crippen molar-refractivity contribution in [3.63, 3.8) is 0 Å². The molecule has 4 N–H and O–H groups in total. The molecule has 0 amide bonds. The van der Waals surface area contributed by atoms with Crippen molar-refractivity contribution in [1.82, 2.24) is 0 Å². The summed E-state index contributed by atoms with van der Waals surface area (Å²) in [5.41, 5.74) is 8.94. The van der Waals surface area contributed by atoms with Gasteiger partial charge in [-0.25, -0.2) is 0 Å². The fourth-order valence-electron chi connectivity index (χ4n) is 5.96. The molecule has 42 heavy (non-hydrogen) atoms. The highest BCUT2D eigenvalue weighted by atomic mass is 35.5. The summed E-state index contributed by atoms with van der Waals surface area (Å²) in [5, 5.41) is 41.5. The summed E-state index contributed by atoms with van der Waals surface area (Å²) in [5.74, 6) is 0.0483. The molecule has 5 rings (SSSR count). The van der Waals surface area contributed by atoms with E-state index < -0.39 is 0 Å². The van der Waals surface area contributed by atoms with Gasteiger partial charge in [0.1, 0.15) is 23.0 Å². The molecule has 0 unspecified atom stereocenters. The predicted molar refractivity (Wildman–Crippen MR) is 170 cm³/mol. The number of phenolic OH excluding ortho intramolecular Hbond substituents is 4. The lowest BCUT2D eigenvalue weighted by molar-refractivity contribution is 0.473. The molecule has 5 aromatic rings. The minimum Gasteiger partial charge on any atom is -0.508 e. The van der Waals surface area contributed by atoms with Crippen molar-refractivity contribution >= 4 is 23.2 Å². The van der Waals surface area contributed by atoms with E-state index in [9.17, 15) is 20.4 Å². The Morgan fingerprint density at radius 3 is 0.833 bits per heavy atom. The molecule has 0 saturated carbocycles. The second-order valence-corrected chi connectivity index (χ2v) is 11.7. The minimum absolute atomic E-state index is 0.174. The molecule has 0 heterocycles. The summed E-state index contributed by atoms with van der Waals surface area (Å²) >= 11 is 14.3. The van der Waals surface area contributed by atoms with Gasteiger partial charge in [0, 0.05) is 21.9 Å². The summed E-state index contributed by atoms with van der Waals surface area (Å²) in [6, 6.07) is 24.9. The van der Waals surface area contributed by atoms with Crippen molar-refractivity contribution in [2.24, 2.45) is 0 Å². The molecule has 5 aromatic carbocycles. The largest absolute Gasteiger partial charge is 0.508 e. The van der Waals surface area contributed by atoms with E-state index >= 15 is 0 Å². The van der Waals surface area contributed by atoms with Gasteiger partial charge >= 0.3 is 0 Å².